The molecule has 1 unspecified atom stereocenters. The van der Waals surface area contributed by atoms with Crippen molar-refractivity contribution in [2.75, 3.05) is 0 Å². The van der Waals surface area contributed by atoms with Crippen molar-refractivity contribution in [3.8, 4) is 0 Å². The van der Waals surface area contributed by atoms with E-state index in [0.717, 1.165) is 25.7 Å². The Hall–Kier alpha value is -2.30. The molecule has 0 aliphatic rings. The molecule has 2 rings (SSSR count). The first-order valence-corrected chi connectivity index (χ1v) is 24.1. The summed E-state index contributed by atoms with van der Waals surface area (Å²) in [5.41, 5.74) is 1.11. The van der Waals surface area contributed by atoms with Gasteiger partial charge in [-0.2, -0.15) is 0 Å². The van der Waals surface area contributed by atoms with Crippen LogP contribution < -0.4 is 0 Å². The van der Waals surface area contributed by atoms with Crippen LogP contribution in [-0.2, 0) is 9.59 Å². The molecule has 0 radical (unpaired) electrons. The van der Waals surface area contributed by atoms with Crippen molar-refractivity contribution >= 4 is 46.3 Å². The Kier molecular flexibility index (Phi) is 34.0. The predicted octanol–water partition coefficient (Wildman–Crippen LogP) is 17.0. The number of unbranched alkanes of at least 4 members (excludes halogenated alkanes) is 26. The van der Waals surface area contributed by atoms with Gasteiger partial charge in [0.25, 0.3) is 0 Å². The maximum atomic E-state index is 12.7. The van der Waals surface area contributed by atoms with E-state index in [1.165, 1.54) is 161 Å². The highest BCUT2D eigenvalue weighted by Gasteiger charge is 2.24. The van der Waals surface area contributed by atoms with Crippen LogP contribution in [-0.4, -0.2) is 23.1 Å². The van der Waals surface area contributed by atoms with Crippen molar-refractivity contribution < 1.29 is 19.2 Å². The van der Waals surface area contributed by atoms with E-state index in [1.807, 2.05) is 18.2 Å². The number of ketones is 4. The molecule has 0 bridgehead atoms. The Morgan fingerprint density at radius 3 is 1.28 bits per heavy atom. The predicted molar refractivity (Wildman–Crippen MR) is 245 cm³/mol. The van der Waals surface area contributed by atoms with E-state index in [0.29, 0.717) is 34.0 Å². The summed E-state index contributed by atoms with van der Waals surface area (Å²) in [6.45, 7) is 6.04. The van der Waals surface area contributed by atoms with E-state index in [1.54, 1.807) is 30.3 Å². The Balaban J connectivity index is 0.000000573. The minimum absolute atomic E-state index is 0.0500. The molecule has 0 fully saturated rings. The molecule has 6 heteroatoms. The fraction of sp³-hybridized carbons (Fsp3) is 0.686. The minimum Gasteiger partial charge on any atom is -0.299 e. The van der Waals surface area contributed by atoms with Crippen molar-refractivity contribution in [3.05, 3.63) is 69.7 Å². The van der Waals surface area contributed by atoms with Gasteiger partial charge in [-0.15, -0.1) is 0 Å². The molecule has 1 atom stereocenters. The Morgan fingerprint density at radius 2 is 0.877 bits per heavy atom. The van der Waals surface area contributed by atoms with Gasteiger partial charge in [-0.1, -0.05) is 241 Å². The molecule has 2 aromatic carbocycles. The lowest BCUT2D eigenvalue weighted by molar-refractivity contribution is -0.120. The molecule has 0 heterocycles. The van der Waals surface area contributed by atoms with Gasteiger partial charge in [-0.05, 0) is 38.0 Å². The maximum absolute atomic E-state index is 12.7. The van der Waals surface area contributed by atoms with E-state index < -0.39 is 5.92 Å². The summed E-state index contributed by atoms with van der Waals surface area (Å²) < 4.78 is 0. The van der Waals surface area contributed by atoms with Gasteiger partial charge < -0.3 is 0 Å². The lowest BCUT2D eigenvalue weighted by atomic mass is 9.89. The molecule has 0 spiro atoms. The van der Waals surface area contributed by atoms with E-state index in [2.05, 4.69) is 13.8 Å². The third-order valence-corrected chi connectivity index (χ3v) is 11.9. The highest BCUT2D eigenvalue weighted by atomic mass is 35.5. The normalized spacial score (nSPS) is 11.5. The highest BCUT2D eigenvalue weighted by molar-refractivity contribution is 6.42. The number of hydrogen-bond donors (Lipinski definition) is 0. The lowest BCUT2D eigenvalue weighted by Crippen LogP contribution is -2.22. The molecule has 0 aliphatic heterocycles. The van der Waals surface area contributed by atoms with Crippen molar-refractivity contribution in [2.45, 2.75) is 220 Å². The summed E-state index contributed by atoms with van der Waals surface area (Å²) in [5, 5.41) is 0.765. The average Bonchev–Trinajstić information content (AvgIpc) is 3.20. The summed E-state index contributed by atoms with van der Waals surface area (Å²) in [6, 6.07) is 13.9. The molecule has 0 saturated carbocycles. The van der Waals surface area contributed by atoms with E-state index in [-0.39, 0.29) is 29.6 Å². The zero-order chi connectivity index (χ0) is 41.8. The number of carbonyl (C=O) groups excluding carboxylic acids is 4. The first-order valence-electron chi connectivity index (χ1n) is 23.3. The quantitative estimate of drug-likeness (QED) is 0.0390. The molecular formula is C51H80Cl2O4. The topological polar surface area (TPSA) is 68.3 Å². The Labute approximate surface area is 359 Å². The zero-order valence-electron chi connectivity index (χ0n) is 36.5. The van der Waals surface area contributed by atoms with Crippen LogP contribution in [0.25, 0.3) is 0 Å². The monoisotopic (exact) mass is 827 g/mol. The van der Waals surface area contributed by atoms with Gasteiger partial charge in [0, 0.05) is 17.5 Å². The van der Waals surface area contributed by atoms with Crippen molar-refractivity contribution in [1.82, 2.24) is 0 Å². The van der Waals surface area contributed by atoms with Crippen LogP contribution in [0.5, 0.6) is 0 Å². The number of Topliss-reactive ketones (excluding diaryl/α,β-unsaturated/α-hetero) is 4. The summed E-state index contributed by atoms with van der Waals surface area (Å²) in [5.74, 6) is -0.746. The fourth-order valence-electron chi connectivity index (χ4n) is 7.42. The largest absolute Gasteiger partial charge is 0.299 e. The molecule has 0 aliphatic carbocycles. The van der Waals surface area contributed by atoms with Crippen LogP contribution in [0.2, 0.25) is 10.0 Å². The van der Waals surface area contributed by atoms with Gasteiger partial charge in [-0.25, -0.2) is 0 Å². The number of carbonyl (C=O) groups is 4. The van der Waals surface area contributed by atoms with Crippen LogP contribution in [0.4, 0.5) is 0 Å². The number of rotatable bonds is 36. The summed E-state index contributed by atoms with van der Waals surface area (Å²) in [6.07, 6.45) is 37.7. The standard InChI is InChI=1S/C26H40Cl2O2.C25H40O2/c1-3-4-5-6-7-8-9-10-11-12-13-14-15-16-17-23(21(2)29)26(30)22-18-19-24(27)25(28)20-22;1-2-3-4-5-6-7-8-9-10-11-12-13-14-18-21-24(26)22-25(27)23-19-16-15-17-20-23/h18-20,23H,3-17H2,1-2H3;15-17,19-20H,2-14,18,21-22H2,1H3. The molecular weight excluding hydrogens is 747 g/mol. The molecule has 0 N–H and O–H groups in total. The zero-order valence-corrected chi connectivity index (χ0v) is 38.0. The van der Waals surface area contributed by atoms with Gasteiger partial charge in [0.2, 0.25) is 0 Å². The molecule has 0 aromatic heterocycles. The summed E-state index contributed by atoms with van der Waals surface area (Å²) in [4.78, 5) is 48.6. The van der Waals surface area contributed by atoms with E-state index in [9.17, 15) is 19.2 Å². The van der Waals surface area contributed by atoms with Gasteiger partial charge in [-0.3, -0.25) is 19.2 Å². The summed E-state index contributed by atoms with van der Waals surface area (Å²) in [7, 11) is 0. The third-order valence-electron chi connectivity index (χ3n) is 11.1. The first kappa shape index (κ1) is 52.7. The van der Waals surface area contributed by atoms with Crippen LogP contribution in [0, 0.1) is 5.92 Å². The van der Waals surface area contributed by atoms with Crippen LogP contribution in [0.15, 0.2) is 48.5 Å². The van der Waals surface area contributed by atoms with Crippen LogP contribution >= 0.6 is 23.2 Å². The smallest absolute Gasteiger partial charge is 0.173 e. The van der Waals surface area contributed by atoms with Gasteiger partial charge in [0.05, 0.1) is 22.4 Å². The average molecular weight is 828 g/mol. The number of hydrogen-bond acceptors (Lipinski definition) is 4. The van der Waals surface area contributed by atoms with Gasteiger partial charge in [0.1, 0.15) is 11.6 Å². The van der Waals surface area contributed by atoms with Crippen molar-refractivity contribution in [3.63, 3.8) is 0 Å². The highest BCUT2D eigenvalue weighted by Crippen LogP contribution is 2.26. The second kappa shape index (κ2) is 36.8. The minimum atomic E-state index is -0.570. The second-order valence-electron chi connectivity index (χ2n) is 16.4. The number of benzene rings is 2. The van der Waals surface area contributed by atoms with E-state index >= 15 is 0 Å². The summed E-state index contributed by atoms with van der Waals surface area (Å²) >= 11 is 11.9. The molecule has 0 amide bonds. The van der Waals surface area contributed by atoms with E-state index in [4.69, 9.17) is 23.2 Å². The SMILES string of the molecule is CCCCCCCCCCCCCCCCC(=O)CC(=O)c1ccccc1.CCCCCCCCCCCCCCCCC(C(C)=O)C(=O)c1ccc(Cl)c(Cl)c1. The molecule has 322 valence electrons. The Morgan fingerprint density at radius 1 is 0.474 bits per heavy atom. The molecule has 0 saturated heterocycles. The molecule has 4 nitrogen and oxygen atoms in total. The molecule has 57 heavy (non-hydrogen) atoms. The van der Waals surface area contributed by atoms with Gasteiger partial charge in [0.15, 0.2) is 11.6 Å². The van der Waals surface area contributed by atoms with Gasteiger partial charge >= 0.3 is 0 Å². The first-order chi connectivity index (χ1) is 27.7. The lowest BCUT2D eigenvalue weighted by Gasteiger charge is -2.13. The second-order valence-corrected chi connectivity index (χ2v) is 17.2. The fourth-order valence-corrected chi connectivity index (χ4v) is 7.72. The number of halogens is 2. The Bertz CT molecular complexity index is 1320. The van der Waals surface area contributed by atoms with Crippen molar-refractivity contribution in [1.29, 1.82) is 0 Å². The van der Waals surface area contributed by atoms with Crippen molar-refractivity contribution in [2.24, 2.45) is 5.92 Å². The van der Waals surface area contributed by atoms with Crippen LogP contribution in [0.3, 0.4) is 0 Å². The third kappa shape index (κ3) is 28.7. The maximum Gasteiger partial charge on any atom is 0.173 e. The molecule has 2 aromatic rings. The van der Waals surface area contributed by atoms with Crippen LogP contribution in [0.1, 0.15) is 241 Å².